The zero-order valence-electron chi connectivity index (χ0n) is 12.3. The summed E-state index contributed by atoms with van der Waals surface area (Å²) in [7, 11) is -3.42. The van der Waals surface area contributed by atoms with Crippen molar-refractivity contribution in [3.8, 4) is 0 Å². The van der Waals surface area contributed by atoms with Gasteiger partial charge in [0, 0.05) is 25.3 Å². The van der Waals surface area contributed by atoms with Crippen LogP contribution in [0.1, 0.15) is 37.7 Å². The van der Waals surface area contributed by atoms with Crippen LogP contribution in [0, 0.1) is 0 Å². The van der Waals surface area contributed by atoms with E-state index < -0.39 is 10.2 Å². The third-order valence-corrected chi connectivity index (χ3v) is 5.73. The Balaban J connectivity index is 1.75. The van der Waals surface area contributed by atoms with Gasteiger partial charge < -0.3 is 5.32 Å². The maximum Gasteiger partial charge on any atom is 0.301 e. The van der Waals surface area contributed by atoms with Gasteiger partial charge in [-0.2, -0.15) is 12.7 Å². The van der Waals surface area contributed by atoms with Crippen LogP contribution in [0.15, 0.2) is 18.2 Å². The molecule has 0 spiro atoms. The number of rotatable bonds is 3. The van der Waals surface area contributed by atoms with Crippen LogP contribution < -0.4 is 10.0 Å². The topological polar surface area (TPSA) is 61.4 Å². The summed E-state index contributed by atoms with van der Waals surface area (Å²) >= 11 is 0. The molecule has 0 amide bonds. The second kappa shape index (κ2) is 6.23. The van der Waals surface area contributed by atoms with Gasteiger partial charge in [0.05, 0.1) is 5.69 Å². The van der Waals surface area contributed by atoms with Crippen molar-refractivity contribution < 1.29 is 8.42 Å². The fourth-order valence-corrected chi connectivity index (χ4v) is 4.33. The predicted molar refractivity (Wildman–Crippen MR) is 85.8 cm³/mol. The Labute approximate surface area is 126 Å². The summed E-state index contributed by atoms with van der Waals surface area (Å²) in [5.74, 6) is 0. The Bertz CT molecular complexity index is 593. The third-order valence-electron chi connectivity index (χ3n) is 4.20. The van der Waals surface area contributed by atoms with Crippen LogP contribution in [0.3, 0.4) is 0 Å². The van der Waals surface area contributed by atoms with Gasteiger partial charge in [0.15, 0.2) is 0 Å². The summed E-state index contributed by atoms with van der Waals surface area (Å²) in [6, 6.07) is 5.76. The molecule has 0 unspecified atom stereocenters. The van der Waals surface area contributed by atoms with Crippen LogP contribution in [0.4, 0.5) is 11.4 Å². The molecular weight excluding hydrogens is 286 g/mol. The van der Waals surface area contributed by atoms with E-state index in [-0.39, 0.29) is 0 Å². The quantitative estimate of drug-likeness (QED) is 0.902. The van der Waals surface area contributed by atoms with Gasteiger partial charge in [0.2, 0.25) is 0 Å². The minimum Gasteiger partial charge on any atom is -0.385 e. The van der Waals surface area contributed by atoms with Gasteiger partial charge in [0.25, 0.3) is 0 Å². The van der Waals surface area contributed by atoms with Gasteiger partial charge in [-0.25, -0.2) is 0 Å². The highest BCUT2D eigenvalue weighted by atomic mass is 32.2. The standard InChI is InChI=1S/C15H23N3O2S/c19-21(20,18-10-3-1-2-4-11-18)17-14-7-8-15-13(12-14)6-5-9-16-15/h7-8,12,16-17H,1-6,9-11H2. The first-order valence-corrected chi connectivity index (χ1v) is 9.24. The molecular formula is C15H23N3O2S. The van der Waals surface area contributed by atoms with Crippen LogP contribution >= 0.6 is 0 Å². The number of hydrogen-bond acceptors (Lipinski definition) is 3. The minimum atomic E-state index is -3.42. The third kappa shape index (κ3) is 3.49. The van der Waals surface area contributed by atoms with E-state index in [0.717, 1.165) is 50.8 Å². The van der Waals surface area contributed by atoms with E-state index in [9.17, 15) is 8.42 Å². The molecule has 1 aromatic carbocycles. The molecule has 1 fully saturated rings. The molecule has 3 rings (SSSR count). The molecule has 0 aromatic heterocycles. The molecule has 0 radical (unpaired) electrons. The number of nitrogens with zero attached hydrogens (tertiary/aromatic N) is 1. The second-order valence-corrected chi connectivity index (χ2v) is 7.49. The molecule has 1 aromatic rings. The van der Waals surface area contributed by atoms with E-state index in [4.69, 9.17) is 0 Å². The predicted octanol–water partition coefficient (Wildman–Crippen LogP) is 2.58. The van der Waals surface area contributed by atoms with Crippen molar-refractivity contribution in [1.82, 2.24) is 4.31 Å². The Morgan fingerprint density at radius 2 is 1.81 bits per heavy atom. The largest absolute Gasteiger partial charge is 0.385 e. The summed E-state index contributed by atoms with van der Waals surface area (Å²) in [6.45, 7) is 2.25. The minimum absolute atomic E-state index is 0.627. The zero-order chi connectivity index (χ0) is 14.7. The summed E-state index contributed by atoms with van der Waals surface area (Å²) < 4.78 is 29.3. The molecule has 1 saturated heterocycles. The van der Waals surface area contributed by atoms with Crippen molar-refractivity contribution in [2.75, 3.05) is 29.7 Å². The van der Waals surface area contributed by atoms with Crippen LogP contribution in [0.2, 0.25) is 0 Å². The highest BCUT2D eigenvalue weighted by Gasteiger charge is 2.23. The lowest BCUT2D eigenvalue weighted by Gasteiger charge is -2.22. The smallest absolute Gasteiger partial charge is 0.301 e. The number of aryl methyl sites for hydroxylation is 1. The van der Waals surface area contributed by atoms with Gasteiger partial charge >= 0.3 is 10.2 Å². The summed E-state index contributed by atoms with van der Waals surface area (Å²) in [5.41, 5.74) is 2.98. The van der Waals surface area contributed by atoms with E-state index in [0.29, 0.717) is 18.8 Å². The molecule has 0 saturated carbocycles. The lowest BCUT2D eigenvalue weighted by molar-refractivity contribution is 0.427. The SMILES string of the molecule is O=S(=O)(Nc1ccc2c(c1)CCCN2)N1CCCCCC1. The van der Waals surface area contributed by atoms with Gasteiger partial charge in [-0.05, 0) is 49.4 Å². The Hall–Kier alpha value is -1.27. The molecule has 116 valence electrons. The van der Waals surface area contributed by atoms with Gasteiger partial charge in [-0.1, -0.05) is 12.8 Å². The lowest BCUT2D eigenvalue weighted by Crippen LogP contribution is -2.36. The summed E-state index contributed by atoms with van der Waals surface area (Å²) in [6.07, 6.45) is 6.24. The number of fused-ring (bicyclic) bond motifs is 1. The number of anilines is 2. The Morgan fingerprint density at radius 3 is 2.57 bits per heavy atom. The molecule has 0 aliphatic carbocycles. The summed E-state index contributed by atoms with van der Waals surface area (Å²) in [5, 5.41) is 3.34. The van der Waals surface area contributed by atoms with E-state index in [2.05, 4.69) is 10.0 Å². The zero-order valence-corrected chi connectivity index (χ0v) is 13.1. The fraction of sp³-hybridized carbons (Fsp3) is 0.600. The van der Waals surface area contributed by atoms with Crippen LogP contribution in [-0.4, -0.2) is 32.4 Å². The number of nitrogens with one attached hydrogen (secondary N) is 2. The highest BCUT2D eigenvalue weighted by Crippen LogP contribution is 2.26. The van der Waals surface area contributed by atoms with Crippen molar-refractivity contribution in [1.29, 1.82) is 0 Å². The first kappa shape index (κ1) is 14.7. The van der Waals surface area contributed by atoms with Crippen molar-refractivity contribution in [3.63, 3.8) is 0 Å². The van der Waals surface area contributed by atoms with Crippen LogP contribution in [-0.2, 0) is 16.6 Å². The summed E-state index contributed by atoms with van der Waals surface area (Å²) in [4.78, 5) is 0. The van der Waals surface area contributed by atoms with Crippen molar-refractivity contribution in [2.45, 2.75) is 38.5 Å². The van der Waals surface area contributed by atoms with Crippen molar-refractivity contribution in [3.05, 3.63) is 23.8 Å². The maximum atomic E-state index is 12.5. The molecule has 0 bridgehead atoms. The normalized spacial score (nSPS) is 20.2. The van der Waals surface area contributed by atoms with E-state index in [1.54, 1.807) is 4.31 Å². The van der Waals surface area contributed by atoms with Crippen LogP contribution in [0.5, 0.6) is 0 Å². The Kier molecular flexibility index (Phi) is 4.35. The fourth-order valence-electron chi connectivity index (χ4n) is 3.03. The number of benzene rings is 1. The average Bonchev–Trinajstić information content (AvgIpc) is 2.76. The first-order chi connectivity index (χ1) is 10.1. The molecule has 2 aliphatic rings. The second-order valence-electron chi connectivity index (χ2n) is 5.82. The van der Waals surface area contributed by atoms with E-state index >= 15 is 0 Å². The highest BCUT2D eigenvalue weighted by molar-refractivity contribution is 7.90. The van der Waals surface area contributed by atoms with Crippen molar-refractivity contribution in [2.24, 2.45) is 0 Å². The molecule has 2 N–H and O–H groups in total. The number of hydrogen-bond donors (Lipinski definition) is 2. The first-order valence-electron chi connectivity index (χ1n) is 7.80. The van der Waals surface area contributed by atoms with Crippen LogP contribution in [0.25, 0.3) is 0 Å². The van der Waals surface area contributed by atoms with E-state index in [1.807, 2.05) is 18.2 Å². The maximum absolute atomic E-state index is 12.5. The molecule has 0 atom stereocenters. The van der Waals surface area contributed by atoms with Gasteiger partial charge in [0.1, 0.15) is 0 Å². The molecule has 6 heteroatoms. The molecule has 2 aliphatic heterocycles. The molecule has 5 nitrogen and oxygen atoms in total. The molecule has 2 heterocycles. The van der Waals surface area contributed by atoms with E-state index in [1.165, 1.54) is 5.56 Å². The average molecular weight is 309 g/mol. The van der Waals surface area contributed by atoms with Gasteiger partial charge in [-0.15, -0.1) is 0 Å². The monoisotopic (exact) mass is 309 g/mol. The van der Waals surface area contributed by atoms with Gasteiger partial charge in [-0.3, -0.25) is 4.72 Å². The lowest BCUT2D eigenvalue weighted by atomic mass is 10.0. The Morgan fingerprint density at radius 1 is 1.05 bits per heavy atom. The van der Waals surface area contributed by atoms with Crippen molar-refractivity contribution >= 4 is 21.6 Å². The molecule has 21 heavy (non-hydrogen) atoms.